The van der Waals surface area contributed by atoms with E-state index in [9.17, 15) is 14.4 Å². The predicted octanol–water partition coefficient (Wildman–Crippen LogP) is 3.08. The average molecular weight is 361 g/mol. The van der Waals surface area contributed by atoms with Gasteiger partial charge in [0.15, 0.2) is 0 Å². The van der Waals surface area contributed by atoms with Gasteiger partial charge in [0.1, 0.15) is 0 Å². The van der Waals surface area contributed by atoms with Crippen molar-refractivity contribution in [2.45, 2.75) is 0 Å². The highest BCUT2D eigenvalue weighted by molar-refractivity contribution is 6.34. The molecule has 25 heavy (non-hydrogen) atoms. The van der Waals surface area contributed by atoms with E-state index in [1.165, 1.54) is 42.3 Å². The molecule has 0 heterocycles. The fraction of sp³-hybridized carbons (Fsp3) is 0.167. The Morgan fingerprint density at radius 2 is 1.60 bits per heavy atom. The molecule has 1 N–H and O–H groups in total. The monoisotopic (exact) mass is 360 g/mol. The van der Waals surface area contributed by atoms with Crippen LogP contribution in [0.1, 0.15) is 31.1 Å². The van der Waals surface area contributed by atoms with Crippen LogP contribution in [-0.4, -0.2) is 43.9 Å². The second-order valence-corrected chi connectivity index (χ2v) is 5.82. The van der Waals surface area contributed by atoms with Crippen molar-refractivity contribution in [1.29, 1.82) is 0 Å². The number of amides is 2. The Labute approximate surface area is 150 Å². The molecule has 2 rings (SSSR count). The fourth-order valence-corrected chi connectivity index (χ4v) is 2.29. The lowest BCUT2D eigenvalue weighted by Crippen LogP contribution is -2.22. The van der Waals surface area contributed by atoms with Gasteiger partial charge in [-0.2, -0.15) is 0 Å². The van der Waals surface area contributed by atoms with Gasteiger partial charge in [-0.15, -0.1) is 0 Å². The third kappa shape index (κ3) is 4.36. The molecule has 6 nitrogen and oxygen atoms in total. The predicted molar refractivity (Wildman–Crippen MR) is 95.2 cm³/mol. The van der Waals surface area contributed by atoms with Gasteiger partial charge in [0.25, 0.3) is 11.8 Å². The molecular formula is C18H17ClN2O4. The molecule has 0 spiro atoms. The normalized spacial score (nSPS) is 10.1. The van der Waals surface area contributed by atoms with E-state index in [2.05, 4.69) is 10.1 Å². The van der Waals surface area contributed by atoms with Crippen LogP contribution in [0.2, 0.25) is 5.02 Å². The Bertz CT molecular complexity index is 816. The summed E-state index contributed by atoms with van der Waals surface area (Å²) in [6, 6.07) is 10.7. The Kier molecular flexibility index (Phi) is 5.77. The molecule has 0 atom stereocenters. The van der Waals surface area contributed by atoms with Gasteiger partial charge in [0.05, 0.1) is 23.3 Å². The van der Waals surface area contributed by atoms with Crippen LogP contribution < -0.4 is 5.32 Å². The summed E-state index contributed by atoms with van der Waals surface area (Å²) >= 11 is 6.05. The number of carbonyl (C=O) groups is 3. The first-order chi connectivity index (χ1) is 11.8. The van der Waals surface area contributed by atoms with Gasteiger partial charge in [0.2, 0.25) is 0 Å². The molecule has 0 bridgehead atoms. The van der Waals surface area contributed by atoms with Crippen molar-refractivity contribution in [2.24, 2.45) is 0 Å². The number of anilines is 1. The standard InChI is InChI=1S/C18H17ClN2O4/c1-21(2)17(23)14-10-13(8-9-15(14)19)20-16(22)11-4-6-12(7-5-11)18(24)25-3/h4-10H,1-3H3,(H,20,22). The van der Waals surface area contributed by atoms with E-state index in [4.69, 9.17) is 11.6 Å². The molecule has 0 saturated carbocycles. The summed E-state index contributed by atoms with van der Waals surface area (Å²) in [7, 11) is 4.52. The lowest BCUT2D eigenvalue weighted by Gasteiger charge is -2.13. The van der Waals surface area contributed by atoms with Crippen molar-refractivity contribution in [3.05, 3.63) is 64.2 Å². The van der Waals surface area contributed by atoms with Crippen molar-refractivity contribution in [1.82, 2.24) is 4.90 Å². The van der Waals surface area contributed by atoms with Crippen LogP contribution in [0.5, 0.6) is 0 Å². The molecule has 7 heteroatoms. The summed E-state index contributed by atoms with van der Waals surface area (Å²) in [4.78, 5) is 37.2. The molecular weight excluding hydrogens is 344 g/mol. The highest BCUT2D eigenvalue weighted by atomic mass is 35.5. The minimum Gasteiger partial charge on any atom is -0.465 e. The molecule has 0 aromatic heterocycles. The van der Waals surface area contributed by atoms with E-state index in [0.717, 1.165) is 0 Å². The van der Waals surface area contributed by atoms with E-state index < -0.39 is 5.97 Å². The van der Waals surface area contributed by atoms with Crippen LogP contribution in [0, 0.1) is 0 Å². The largest absolute Gasteiger partial charge is 0.465 e. The van der Waals surface area contributed by atoms with Crippen molar-refractivity contribution in [3.63, 3.8) is 0 Å². The van der Waals surface area contributed by atoms with Crippen LogP contribution in [0.3, 0.4) is 0 Å². The average Bonchev–Trinajstić information content (AvgIpc) is 2.62. The second kappa shape index (κ2) is 7.81. The molecule has 0 aliphatic carbocycles. The first-order valence-corrected chi connectivity index (χ1v) is 7.72. The van der Waals surface area contributed by atoms with Gasteiger partial charge < -0.3 is 15.0 Å². The summed E-state index contributed by atoms with van der Waals surface area (Å²) in [5.74, 6) is -1.11. The van der Waals surface area contributed by atoms with Gasteiger partial charge in [-0.3, -0.25) is 9.59 Å². The van der Waals surface area contributed by atoms with Gasteiger partial charge in [0, 0.05) is 25.3 Å². The SMILES string of the molecule is COC(=O)c1ccc(C(=O)Nc2ccc(Cl)c(C(=O)N(C)C)c2)cc1. The van der Waals surface area contributed by atoms with Crippen molar-refractivity contribution < 1.29 is 19.1 Å². The zero-order valence-electron chi connectivity index (χ0n) is 14.0. The number of esters is 1. The summed E-state index contributed by atoms with van der Waals surface area (Å²) in [6.45, 7) is 0. The third-order valence-corrected chi connectivity index (χ3v) is 3.76. The minimum atomic E-state index is -0.475. The number of nitrogens with zero attached hydrogens (tertiary/aromatic N) is 1. The number of carbonyl (C=O) groups excluding carboxylic acids is 3. The summed E-state index contributed by atoms with van der Waals surface area (Å²) in [6.07, 6.45) is 0. The molecule has 0 unspecified atom stereocenters. The molecule has 130 valence electrons. The molecule has 0 aliphatic rings. The van der Waals surface area contributed by atoms with Crippen molar-refractivity contribution >= 4 is 35.1 Å². The van der Waals surface area contributed by atoms with E-state index in [1.54, 1.807) is 26.2 Å². The molecule has 0 saturated heterocycles. The topological polar surface area (TPSA) is 75.7 Å². The number of nitrogens with one attached hydrogen (secondary N) is 1. The van der Waals surface area contributed by atoms with E-state index >= 15 is 0 Å². The van der Waals surface area contributed by atoms with Crippen LogP contribution >= 0.6 is 11.6 Å². The summed E-state index contributed by atoms with van der Waals surface area (Å²) < 4.78 is 4.61. The molecule has 0 radical (unpaired) electrons. The van der Waals surface area contributed by atoms with Crippen LogP contribution in [0.15, 0.2) is 42.5 Å². The third-order valence-electron chi connectivity index (χ3n) is 3.43. The van der Waals surface area contributed by atoms with Crippen molar-refractivity contribution in [3.8, 4) is 0 Å². The Morgan fingerprint density at radius 1 is 1.00 bits per heavy atom. The molecule has 2 aromatic rings. The number of halogens is 1. The maximum absolute atomic E-state index is 12.3. The van der Waals surface area contributed by atoms with E-state index in [1.807, 2.05) is 0 Å². The Balaban J connectivity index is 2.19. The quantitative estimate of drug-likeness (QED) is 0.850. The maximum Gasteiger partial charge on any atom is 0.337 e. The van der Waals surface area contributed by atoms with Crippen LogP contribution in [0.25, 0.3) is 0 Å². The van der Waals surface area contributed by atoms with Gasteiger partial charge in [-0.25, -0.2) is 4.79 Å². The maximum atomic E-state index is 12.3. The highest BCUT2D eigenvalue weighted by Crippen LogP contribution is 2.22. The highest BCUT2D eigenvalue weighted by Gasteiger charge is 2.15. The number of hydrogen-bond acceptors (Lipinski definition) is 4. The summed E-state index contributed by atoms with van der Waals surface area (Å²) in [5, 5.41) is 3.00. The molecule has 2 aromatic carbocycles. The van der Waals surface area contributed by atoms with E-state index in [0.29, 0.717) is 27.4 Å². The molecule has 2 amide bonds. The van der Waals surface area contributed by atoms with E-state index in [-0.39, 0.29) is 11.8 Å². The second-order valence-electron chi connectivity index (χ2n) is 5.42. The van der Waals surface area contributed by atoms with Crippen LogP contribution in [-0.2, 0) is 4.74 Å². The summed E-state index contributed by atoms with van der Waals surface area (Å²) in [5.41, 5.74) is 1.45. The minimum absolute atomic E-state index is 0.261. The lowest BCUT2D eigenvalue weighted by molar-refractivity contribution is 0.0600. The Hall–Kier alpha value is -2.86. The number of rotatable bonds is 4. The van der Waals surface area contributed by atoms with Crippen LogP contribution in [0.4, 0.5) is 5.69 Å². The zero-order chi connectivity index (χ0) is 18.6. The zero-order valence-corrected chi connectivity index (χ0v) is 14.8. The molecule has 0 aliphatic heterocycles. The first-order valence-electron chi connectivity index (χ1n) is 7.34. The fourth-order valence-electron chi connectivity index (χ4n) is 2.09. The molecule has 0 fully saturated rings. The number of ether oxygens (including phenoxy) is 1. The Morgan fingerprint density at radius 3 is 2.16 bits per heavy atom. The number of methoxy groups -OCH3 is 1. The van der Waals surface area contributed by atoms with Gasteiger partial charge in [-0.1, -0.05) is 11.6 Å². The first kappa shape index (κ1) is 18.5. The van der Waals surface area contributed by atoms with Crippen molar-refractivity contribution in [2.75, 3.05) is 26.5 Å². The lowest BCUT2D eigenvalue weighted by atomic mass is 10.1. The smallest absolute Gasteiger partial charge is 0.337 e. The number of benzene rings is 2. The van der Waals surface area contributed by atoms with Gasteiger partial charge >= 0.3 is 5.97 Å². The number of hydrogen-bond donors (Lipinski definition) is 1. The van der Waals surface area contributed by atoms with Gasteiger partial charge in [-0.05, 0) is 42.5 Å².